The fourth-order valence-electron chi connectivity index (χ4n) is 2.49. The number of rotatable bonds is 5. The molecular formula is C20H40O2. The number of esters is 1. The first-order chi connectivity index (χ1) is 10.4. The summed E-state index contributed by atoms with van der Waals surface area (Å²) in [6.07, 6.45) is 9.17. The highest BCUT2D eigenvalue weighted by atomic mass is 16.5. The number of carbonyl (C=O) groups excluding carboxylic acids is 1. The van der Waals surface area contributed by atoms with Crippen LogP contribution in [-0.4, -0.2) is 5.97 Å². The van der Waals surface area contributed by atoms with E-state index in [1.54, 1.807) is 0 Å². The second kappa shape index (κ2) is 15.1. The highest BCUT2D eigenvalue weighted by molar-refractivity contribution is 5.75. The molecular weight excluding hydrogens is 272 g/mol. The van der Waals surface area contributed by atoms with E-state index in [1.807, 2.05) is 20.8 Å². The first-order valence-electron chi connectivity index (χ1n) is 9.29. The Morgan fingerprint density at radius 3 is 1.55 bits per heavy atom. The van der Waals surface area contributed by atoms with E-state index in [-0.39, 0.29) is 11.9 Å². The number of cyclic esters (lactones) is 1. The number of allylic oxidation sites excluding steroid dienone is 2. The van der Waals surface area contributed by atoms with Crippen molar-refractivity contribution in [1.29, 1.82) is 0 Å². The molecule has 0 aliphatic carbocycles. The molecule has 132 valence electrons. The number of hydrogen-bond acceptors (Lipinski definition) is 2. The van der Waals surface area contributed by atoms with Crippen LogP contribution >= 0.6 is 0 Å². The van der Waals surface area contributed by atoms with Gasteiger partial charge in [0.1, 0.15) is 5.76 Å². The van der Waals surface area contributed by atoms with Crippen molar-refractivity contribution in [2.75, 3.05) is 0 Å². The van der Waals surface area contributed by atoms with Crippen LogP contribution in [0.1, 0.15) is 100 Å². The topological polar surface area (TPSA) is 26.3 Å². The quantitative estimate of drug-likeness (QED) is 0.516. The summed E-state index contributed by atoms with van der Waals surface area (Å²) in [5.41, 5.74) is 1.23. The summed E-state index contributed by atoms with van der Waals surface area (Å²) < 4.78 is 5.08. The molecule has 0 radical (unpaired) electrons. The molecule has 1 heterocycles. The summed E-state index contributed by atoms with van der Waals surface area (Å²) >= 11 is 0. The third-order valence-corrected chi connectivity index (χ3v) is 4.19. The average Bonchev–Trinajstić information content (AvgIpc) is 2.49. The normalized spacial score (nSPS) is 20.5. The number of carbonyl (C=O) groups is 1. The molecule has 0 spiro atoms. The summed E-state index contributed by atoms with van der Waals surface area (Å²) in [5, 5.41) is 0. The number of ether oxygens (including phenoxy) is 1. The van der Waals surface area contributed by atoms with Gasteiger partial charge in [-0.15, -0.1) is 0 Å². The van der Waals surface area contributed by atoms with Crippen molar-refractivity contribution in [3.8, 4) is 0 Å². The molecule has 0 amide bonds. The van der Waals surface area contributed by atoms with E-state index in [0.29, 0.717) is 5.92 Å². The van der Waals surface area contributed by atoms with Gasteiger partial charge in [0, 0.05) is 0 Å². The second-order valence-corrected chi connectivity index (χ2v) is 6.17. The molecule has 1 rings (SSSR count). The van der Waals surface area contributed by atoms with Crippen molar-refractivity contribution >= 4 is 5.97 Å². The molecule has 0 aromatic carbocycles. The van der Waals surface area contributed by atoms with Gasteiger partial charge in [-0.25, -0.2) is 0 Å². The van der Waals surface area contributed by atoms with Crippen molar-refractivity contribution in [3.63, 3.8) is 0 Å². The van der Waals surface area contributed by atoms with E-state index in [0.717, 1.165) is 12.2 Å². The van der Waals surface area contributed by atoms with Gasteiger partial charge in [0.15, 0.2) is 0 Å². The van der Waals surface area contributed by atoms with E-state index >= 15 is 0 Å². The lowest BCUT2D eigenvalue weighted by molar-refractivity contribution is -0.147. The van der Waals surface area contributed by atoms with Gasteiger partial charge in [-0.2, -0.15) is 0 Å². The van der Waals surface area contributed by atoms with Gasteiger partial charge >= 0.3 is 5.97 Å². The molecule has 0 saturated carbocycles. The molecule has 1 aliphatic rings. The highest BCUT2D eigenvalue weighted by Crippen LogP contribution is 2.32. The predicted octanol–water partition coefficient (Wildman–Crippen LogP) is 6.89. The first-order valence-corrected chi connectivity index (χ1v) is 9.29. The van der Waals surface area contributed by atoms with Crippen LogP contribution in [0.2, 0.25) is 0 Å². The number of unbranched alkanes of at least 4 members (excludes halogenated alkanes) is 4. The van der Waals surface area contributed by atoms with Crippen LogP contribution in [0.25, 0.3) is 0 Å². The van der Waals surface area contributed by atoms with E-state index in [2.05, 4.69) is 34.6 Å². The van der Waals surface area contributed by atoms with E-state index < -0.39 is 0 Å². The lowest BCUT2D eigenvalue weighted by atomic mass is 9.83. The lowest BCUT2D eigenvalue weighted by Gasteiger charge is -2.28. The molecule has 2 heteroatoms. The Morgan fingerprint density at radius 2 is 1.27 bits per heavy atom. The zero-order chi connectivity index (χ0) is 17.5. The Hall–Kier alpha value is -0.790. The molecule has 0 bridgehead atoms. The predicted molar refractivity (Wildman–Crippen MR) is 97.8 cm³/mol. The van der Waals surface area contributed by atoms with Gasteiger partial charge in [-0.3, -0.25) is 4.79 Å². The molecule has 0 saturated heterocycles. The second-order valence-electron chi connectivity index (χ2n) is 6.17. The van der Waals surface area contributed by atoms with Crippen LogP contribution in [0.3, 0.4) is 0 Å². The average molecular weight is 313 g/mol. The Morgan fingerprint density at radius 1 is 0.864 bits per heavy atom. The third kappa shape index (κ3) is 10.0. The van der Waals surface area contributed by atoms with Crippen molar-refractivity contribution in [3.05, 3.63) is 11.3 Å². The van der Waals surface area contributed by atoms with Gasteiger partial charge < -0.3 is 4.74 Å². The summed E-state index contributed by atoms with van der Waals surface area (Å²) in [4.78, 5) is 11.3. The zero-order valence-corrected chi connectivity index (χ0v) is 16.4. The van der Waals surface area contributed by atoms with Crippen molar-refractivity contribution in [2.45, 2.75) is 100 Å². The van der Waals surface area contributed by atoms with E-state index in [9.17, 15) is 4.79 Å². The van der Waals surface area contributed by atoms with Gasteiger partial charge in [-0.1, -0.05) is 80.1 Å². The maximum absolute atomic E-state index is 11.3. The minimum Gasteiger partial charge on any atom is -0.431 e. The molecule has 0 fully saturated rings. The summed E-state index contributed by atoms with van der Waals surface area (Å²) in [6.45, 7) is 16.8. The van der Waals surface area contributed by atoms with E-state index in [1.165, 1.54) is 44.1 Å². The Kier molecular flexibility index (Phi) is 16.1. The third-order valence-electron chi connectivity index (χ3n) is 4.19. The van der Waals surface area contributed by atoms with Crippen LogP contribution in [0.5, 0.6) is 0 Å². The molecule has 0 aromatic rings. The Balaban J connectivity index is 0. The standard InChI is InChI=1S/C10H16O2.2C5H12/c1-5-9-6(2)8(4)12-10(11)7(9)3;2*1-3-5-4-2/h7,9H,5H2,1-4H3;2*3-5H2,1-2H3. The lowest BCUT2D eigenvalue weighted by Crippen LogP contribution is -2.28. The SMILES string of the molecule is CCC1C(C)=C(C)OC(=O)C1C.CCCCC.CCCCC. The fourth-order valence-corrected chi connectivity index (χ4v) is 2.49. The molecule has 0 N–H and O–H groups in total. The van der Waals surface area contributed by atoms with Crippen LogP contribution in [0.4, 0.5) is 0 Å². The van der Waals surface area contributed by atoms with Crippen LogP contribution in [0, 0.1) is 11.8 Å². The molecule has 2 nitrogen and oxygen atoms in total. The first kappa shape index (κ1) is 23.5. The van der Waals surface area contributed by atoms with Crippen molar-refractivity contribution < 1.29 is 9.53 Å². The van der Waals surface area contributed by atoms with Crippen molar-refractivity contribution in [2.24, 2.45) is 11.8 Å². The van der Waals surface area contributed by atoms with Gasteiger partial charge in [0.05, 0.1) is 5.92 Å². The van der Waals surface area contributed by atoms with Crippen molar-refractivity contribution in [1.82, 2.24) is 0 Å². The monoisotopic (exact) mass is 312 g/mol. The Labute approximate surface area is 139 Å². The summed E-state index contributed by atoms with van der Waals surface area (Å²) in [7, 11) is 0. The zero-order valence-electron chi connectivity index (χ0n) is 16.4. The molecule has 1 aliphatic heterocycles. The van der Waals surface area contributed by atoms with Crippen LogP contribution < -0.4 is 0 Å². The maximum atomic E-state index is 11.3. The summed E-state index contributed by atoms with van der Waals surface area (Å²) in [6, 6.07) is 0. The van der Waals surface area contributed by atoms with Gasteiger partial charge in [-0.05, 0) is 31.8 Å². The maximum Gasteiger partial charge on any atom is 0.314 e. The van der Waals surface area contributed by atoms with Gasteiger partial charge in [0.25, 0.3) is 0 Å². The number of hydrogen-bond donors (Lipinski definition) is 0. The van der Waals surface area contributed by atoms with Crippen LogP contribution in [-0.2, 0) is 9.53 Å². The van der Waals surface area contributed by atoms with E-state index in [4.69, 9.17) is 4.74 Å². The Bertz CT molecular complexity index is 295. The minimum absolute atomic E-state index is 0.0266. The molecule has 0 aromatic heterocycles. The van der Waals surface area contributed by atoms with Gasteiger partial charge in [0.2, 0.25) is 0 Å². The fraction of sp³-hybridized carbons (Fsp3) is 0.850. The minimum atomic E-state index is -0.0787. The van der Waals surface area contributed by atoms with Crippen LogP contribution in [0.15, 0.2) is 11.3 Å². The molecule has 22 heavy (non-hydrogen) atoms. The smallest absolute Gasteiger partial charge is 0.314 e. The summed E-state index contributed by atoms with van der Waals surface area (Å²) in [5.74, 6) is 1.12. The highest BCUT2D eigenvalue weighted by Gasteiger charge is 2.31. The molecule has 2 unspecified atom stereocenters. The largest absolute Gasteiger partial charge is 0.431 e. The molecule has 2 atom stereocenters.